The fourth-order valence-corrected chi connectivity index (χ4v) is 8.35. The van der Waals surface area contributed by atoms with E-state index in [1.165, 1.54) is 13.8 Å². The Hall–Kier alpha value is -3.17. The molecule has 0 saturated carbocycles. The van der Waals surface area contributed by atoms with Gasteiger partial charge < -0.3 is 62.4 Å². The number of ether oxygens (including phenoxy) is 1. The molecule has 0 aliphatic carbocycles. The molecule has 27 nitrogen and oxygen atoms in total. The Morgan fingerprint density at radius 1 is 1.05 bits per heavy atom. The van der Waals surface area contributed by atoms with Gasteiger partial charge >= 0.3 is 23.5 Å². The van der Waals surface area contributed by atoms with Gasteiger partial charge in [-0.1, -0.05) is 25.6 Å². The van der Waals surface area contributed by atoms with Crippen molar-refractivity contribution in [1.29, 1.82) is 0 Å². The van der Waals surface area contributed by atoms with E-state index in [2.05, 4.69) is 39.4 Å². The van der Waals surface area contributed by atoms with Gasteiger partial charge in [0.2, 0.25) is 11.8 Å². The van der Waals surface area contributed by atoms with Crippen molar-refractivity contribution in [1.82, 2.24) is 30.2 Å². The van der Waals surface area contributed by atoms with Crippen LogP contribution in [0.15, 0.2) is 17.6 Å². The Bertz CT molecular complexity index is 1900. The van der Waals surface area contributed by atoms with E-state index in [4.69, 9.17) is 31.0 Å². The van der Waals surface area contributed by atoms with E-state index in [1.807, 2.05) is 0 Å². The van der Waals surface area contributed by atoms with Crippen molar-refractivity contribution in [3.63, 3.8) is 0 Å². The number of anilines is 1. The first-order valence-corrected chi connectivity index (χ1v) is 22.0. The number of phosphoric acid groups is 3. The third kappa shape index (κ3) is 15.5. The number of phosphoric ester groups is 3. The molecule has 2 aromatic rings. The summed E-state index contributed by atoms with van der Waals surface area (Å²) < 4.78 is 62.0. The summed E-state index contributed by atoms with van der Waals surface area (Å²) >= 11 is 1.02. The van der Waals surface area contributed by atoms with Crippen LogP contribution in [0.1, 0.15) is 39.3 Å². The lowest BCUT2D eigenvalue weighted by atomic mass is 9.87. The maximum atomic E-state index is 12.7. The fourth-order valence-electron chi connectivity index (χ4n) is 4.80. The molecule has 1 saturated heterocycles. The number of nitrogens with zero attached hydrogens (tertiary/aromatic N) is 5. The van der Waals surface area contributed by atoms with Crippen LogP contribution >= 0.6 is 35.2 Å². The van der Waals surface area contributed by atoms with Crippen LogP contribution in [-0.4, -0.2) is 135 Å². The Kier molecular flexibility index (Phi) is 17.5. The Morgan fingerprint density at radius 2 is 1.74 bits per heavy atom. The first-order chi connectivity index (χ1) is 26.4. The fraction of sp³-hybridized carbons (Fsp3) is 0.654. The number of carbonyl (C=O) groups excluding carboxylic acids is 3. The quantitative estimate of drug-likeness (QED) is 0.0242. The highest BCUT2D eigenvalue weighted by atomic mass is 32.2. The molecule has 0 spiro atoms. The van der Waals surface area contributed by atoms with Gasteiger partial charge in [-0.3, -0.25) is 37.5 Å². The molecule has 0 radical (unpaired) electrons. The molecule has 2 amide bonds. The second kappa shape index (κ2) is 20.7. The van der Waals surface area contributed by atoms with Crippen LogP contribution in [0.2, 0.25) is 0 Å². The Balaban J connectivity index is 1.46. The number of imidazole rings is 1. The Labute approximate surface area is 327 Å². The minimum Gasteiger partial charge on any atom is -0.386 e. The number of rotatable bonds is 23. The van der Waals surface area contributed by atoms with Crippen molar-refractivity contribution in [3.05, 3.63) is 12.7 Å². The van der Waals surface area contributed by atoms with Crippen molar-refractivity contribution < 1.29 is 80.5 Å². The molecular formula is C26H45N10O17P3S. The van der Waals surface area contributed by atoms with E-state index >= 15 is 0 Å². The largest absolute Gasteiger partial charge is 0.481 e. The molecule has 1 aliphatic heterocycles. The summed E-state index contributed by atoms with van der Waals surface area (Å²) in [6.07, 6.45) is -6.27. The molecule has 7 atom stereocenters. The molecule has 0 aromatic carbocycles. The second-order valence-electron chi connectivity index (χ2n) is 12.7. The number of nitrogens with one attached hydrogen (secondary N) is 2. The van der Waals surface area contributed by atoms with Crippen LogP contribution in [0.5, 0.6) is 0 Å². The van der Waals surface area contributed by atoms with Crippen molar-refractivity contribution in [2.24, 2.45) is 21.9 Å². The number of fused-ring (bicyclic) bond motifs is 1. The molecule has 3 unspecified atom stereocenters. The van der Waals surface area contributed by atoms with Crippen LogP contribution in [0.3, 0.4) is 0 Å². The monoisotopic (exact) mass is 894 g/mol. The summed E-state index contributed by atoms with van der Waals surface area (Å²) in [6.45, 7) is 0.705. The van der Waals surface area contributed by atoms with Gasteiger partial charge in [0.15, 0.2) is 28.8 Å². The first-order valence-electron chi connectivity index (χ1n) is 16.5. The number of guanidine groups is 1. The molecule has 0 bridgehead atoms. The number of nitrogen functional groups attached to an aromatic ring is 1. The summed E-state index contributed by atoms with van der Waals surface area (Å²) in [4.78, 5) is 91.2. The van der Waals surface area contributed by atoms with E-state index in [-0.39, 0.29) is 54.0 Å². The van der Waals surface area contributed by atoms with Crippen LogP contribution < -0.4 is 27.8 Å². The van der Waals surface area contributed by atoms with Gasteiger partial charge in [-0.15, -0.1) is 0 Å². The van der Waals surface area contributed by atoms with Crippen molar-refractivity contribution in [2.45, 2.75) is 63.8 Å². The van der Waals surface area contributed by atoms with Gasteiger partial charge in [0.05, 0.1) is 19.5 Å². The lowest BCUT2D eigenvalue weighted by Crippen LogP contribution is -2.46. The van der Waals surface area contributed by atoms with Crippen LogP contribution in [0, 0.1) is 5.41 Å². The van der Waals surface area contributed by atoms with Gasteiger partial charge in [-0.2, -0.15) is 4.31 Å². The summed E-state index contributed by atoms with van der Waals surface area (Å²) in [5, 5.41) is 26.2. The van der Waals surface area contributed by atoms with E-state index < -0.39 is 84.6 Å². The number of aliphatic imine (C=N–C) groups is 1. The average Bonchev–Trinajstić information content (AvgIpc) is 3.66. The minimum absolute atomic E-state index is 0.0254. The number of aliphatic hydroxyl groups excluding tert-OH is 2. The molecule has 322 valence electrons. The van der Waals surface area contributed by atoms with Crippen molar-refractivity contribution in [2.75, 3.05) is 44.3 Å². The topological polar surface area (TPSA) is 428 Å². The highest BCUT2D eigenvalue weighted by molar-refractivity contribution is 8.13. The number of hydrogen-bond donors (Lipinski definition) is 11. The number of amides is 2. The first kappa shape index (κ1) is 48.2. The molecule has 57 heavy (non-hydrogen) atoms. The van der Waals surface area contributed by atoms with E-state index in [0.29, 0.717) is 18.7 Å². The molecule has 2 aromatic heterocycles. The van der Waals surface area contributed by atoms with Crippen molar-refractivity contribution >= 4 is 75.1 Å². The van der Waals surface area contributed by atoms with Gasteiger partial charge in [-0.05, 0) is 6.42 Å². The Morgan fingerprint density at radius 3 is 2.40 bits per heavy atom. The summed E-state index contributed by atoms with van der Waals surface area (Å²) in [6, 6.07) is 0. The average molecular weight is 895 g/mol. The predicted octanol–water partition coefficient (Wildman–Crippen LogP) is -2.28. The second-order valence-corrected chi connectivity index (χ2v) is 18.1. The smallest absolute Gasteiger partial charge is 0.386 e. The minimum atomic E-state index is -5.58. The predicted molar refractivity (Wildman–Crippen MR) is 197 cm³/mol. The third-order valence-corrected chi connectivity index (χ3v) is 11.6. The molecule has 3 heterocycles. The van der Waals surface area contributed by atoms with Crippen LogP contribution in [0.4, 0.5) is 5.82 Å². The number of nitrogens with two attached hydrogens (primary N) is 3. The van der Waals surface area contributed by atoms with Gasteiger partial charge in [0.1, 0.15) is 36.3 Å². The van der Waals surface area contributed by atoms with E-state index in [9.17, 15) is 57.9 Å². The number of carbonyl (C=O) groups is 3. The van der Waals surface area contributed by atoms with Gasteiger partial charge in [0, 0.05) is 43.6 Å². The zero-order valence-electron chi connectivity index (χ0n) is 30.3. The van der Waals surface area contributed by atoms with Gasteiger partial charge in [0.25, 0.3) is 0 Å². The lowest BCUT2D eigenvalue weighted by molar-refractivity contribution is -0.137. The SMILES string of the molecule is CC(C)(COP(=O)(O)OP(=O)(O)OC[C@H]1O[C@@H](n2cnc3c(N)ncnc32)[C@H](O)[C@@H]1OP(=O)(O)O)C(O)C(=O)NCCC(=O)NCCSC(=O)CCCN=C(N)N. The third-order valence-electron chi connectivity index (χ3n) is 7.60. The normalized spacial score (nSPS) is 21.3. The molecular weight excluding hydrogens is 849 g/mol. The molecule has 1 aliphatic rings. The molecule has 31 heteroatoms. The maximum Gasteiger partial charge on any atom is 0.481 e. The van der Waals surface area contributed by atoms with Crippen molar-refractivity contribution in [3.8, 4) is 0 Å². The summed E-state index contributed by atoms with van der Waals surface area (Å²) in [5.74, 6) is -1.27. The van der Waals surface area contributed by atoms with Crippen LogP contribution in [-0.2, 0) is 50.7 Å². The number of aliphatic hydroxyl groups is 2. The van der Waals surface area contributed by atoms with E-state index in [1.54, 1.807) is 0 Å². The molecule has 14 N–H and O–H groups in total. The van der Waals surface area contributed by atoms with E-state index in [0.717, 1.165) is 29.0 Å². The van der Waals surface area contributed by atoms with Crippen LogP contribution in [0.25, 0.3) is 11.2 Å². The summed E-state index contributed by atoms with van der Waals surface area (Å²) in [7, 11) is -16.4. The maximum absolute atomic E-state index is 12.7. The van der Waals surface area contributed by atoms with Gasteiger partial charge in [-0.25, -0.2) is 28.6 Å². The molecule has 3 rings (SSSR count). The highest BCUT2D eigenvalue weighted by Crippen LogP contribution is 2.61. The lowest BCUT2D eigenvalue weighted by Gasteiger charge is -2.30. The number of hydrogen-bond acceptors (Lipinski definition) is 19. The molecule has 1 fully saturated rings. The summed E-state index contributed by atoms with van der Waals surface area (Å²) in [5.41, 5.74) is 14.7. The highest BCUT2D eigenvalue weighted by Gasteiger charge is 2.50. The number of aromatic nitrogens is 4. The zero-order chi connectivity index (χ0) is 42.8. The number of thioether (sulfide) groups is 1. The zero-order valence-corrected chi connectivity index (χ0v) is 33.8. The standard InChI is InChI=1S/C26H45N10O17P3S/c1-26(2,20(40)23(41)31-7-5-15(37)30-8-9-57-16(38)4-3-6-32-25(28)29)11-50-56(47,48)53-55(45,46)49-10-14-19(52-54(42,43)44)18(39)24(51-14)36-13-35-17-21(27)33-12-34-22(17)36/h12-14,18-20,24,39-40H,3-11H2,1-2H3,(H,30,37)(H,31,41)(H,45,46)(H,47,48)(H2,27,33,34)(H4,28,29,32)(H2,42,43,44)/t14-,18-,19-,20?,24-/m1/s1.